The lowest BCUT2D eigenvalue weighted by molar-refractivity contribution is 0.0635. The first kappa shape index (κ1) is 16.1. The summed E-state index contributed by atoms with van der Waals surface area (Å²) in [4.78, 5) is 15.8. The maximum absolute atomic E-state index is 11.6. The summed E-state index contributed by atoms with van der Waals surface area (Å²) in [5.74, 6) is 0.427. The molecule has 0 aliphatic rings. The molecule has 0 bridgehead atoms. The van der Waals surface area contributed by atoms with Gasteiger partial charge in [0, 0.05) is 10.7 Å². The van der Waals surface area contributed by atoms with Gasteiger partial charge in [-0.05, 0) is 57.2 Å². The van der Waals surface area contributed by atoms with Crippen LogP contribution in [0, 0.1) is 0 Å². The fourth-order valence-electron chi connectivity index (χ4n) is 1.65. The topological polar surface area (TPSA) is 63.2 Å². The summed E-state index contributed by atoms with van der Waals surface area (Å²) in [6.07, 6.45) is 1.10. The van der Waals surface area contributed by atoms with Crippen molar-refractivity contribution in [3.63, 3.8) is 0 Å². The van der Waals surface area contributed by atoms with Crippen LogP contribution < -0.4 is 10.6 Å². The number of benzene rings is 1. The average Bonchev–Trinajstić information content (AvgIpc) is 2.41. The number of rotatable bonds is 3. The third-order valence-electron chi connectivity index (χ3n) is 2.53. The number of hydrogen-bond acceptors (Lipinski definition) is 4. The molecule has 2 aromatic rings. The number of halogens is 1. The van der Waals surface area contributed by atoms with Gasteiger partial charge in [-0.3, -0.25) is 5.32 Å². The average molecular weight is 320 g/mol. The monoisotopic (exact) mass is 319 g/mol. The van der Waals surface area contributed by atoms with Crippen molar-refractivity contribution < 1.29 is 9.53 Å². The molecule has 1 heterocycles. The van der Waals surface area contributed by atoms with Crippen molar-refractivity contribution in [3.8, 4) is 0 Å². The van der Waals surface area contributed by atoms with Crippen molar-refractivity contribution in [1.29, 1.82) is 0 Å². The third kappa shape index (κ3) is 5.26. The minimum atomic E-state index is -0.542. The Labute approximate surface area is 134 Å². The largest absolute Gasteiger partial charge is 0.444 e. The van der Waals surface area contributed by atoms with Crippen LogP contribution in [0.15, 0.2) is 42.6 Å². The smallest absolute Gasteiger partial charge is 0.413 e. The van der Waals surface area contributed by atoms with Crippen LogP contribution in [0.5, 0.6) is 0 Å². The SMILES string of the molecule is CC(C)(C)OC(=O)Nc1ccc(Nc2ccc(Cl)cc2)cn1. The predicted molar refractivity (Wildman–Crippen MR) is 88.8 cm³/mol. The van der Waals surface area contributed by atoms with E-state index >= 15 is 0 Å². The van der Waals surface area contributed by atoms with Crippen LogP contribution in [-0.2, 0) is 4.74 Å². The van der Waals surface area contributed by atoms with Crippen LogP contribution in [0.3, 0.4) is 0 Å². The normalized spacial score (nSPS) is 10.9. The summed E-state index contributed by atoms with van der Waals surface area (Å²) >= 11 is 5.84. The zero-order chi connectivity index (χ0) is 16.2. The fourth-order valence-corrected chi connectivity index (χ4v) is 1.78. The van der Waals surface area contributed by atoms with E-state index in [-0.39, 0.29) is 0 Å². The first-order chi connectivity index (χ1) is 10.3. The standard InChI is InChI=1S/C16H18ClN3O2/c1-16(2,3)22-15(21)20-14-9-8-13(10-18-14)19-12-6-4-11(17)5-7-12/h4-10,19H,1-3H3,(H,18,20,21). The van der Waals surface area contributed by atoms with Crippen molar-refractivity contribution in [2.75, 3.05) is 10.6 Å². The minimum Gasteiger partial charge on any atom is -0.444 e. The summed E-state index contributed by atoms with van der Waals surface area (Å²) in [6, 6.07) is 10.9. The van der Waals surface area contributed by atoms with Gasteiger partial charge in [0.2, 0.25) is 0 Å². The second-order valence-corrected chi connectivity index (χ2v) is 6.13. The van der Waals surface area contributed by atoms with Crippen molar-refractivity contribution >= 4 is 34.9 Å². The Balaban J connectivity index is 1.95. The van der Waals surface area contributed by atoms with Gasteiger partial charge in [-0.1, -0.05) is 11.6 Å². The highest BCUT2D eigenvalue weighted by molar-refractivity contribution is 6.30. The highest BCUT2D eigenvalue weighted by Crippen LogP contribution is 2.19. The Morgan fingerprint density at radius 2 is 1.73 bits per heavy atom. The number of amides is 1. The van der Waals surface area contributed by atoms with E-state index in [0.29, 0.717) is 10.8 Å². The number of hydrogen-bond donors (Lipinski definition) is 2. The quantitative estimate of drug-likeness (QED) is 0.850. The van der Waals surface area contributed by atoms with Gasteiger partial charge in [0.15, 0.2) is 0 Å². The first-order valence-electron chi connectivity index (χ1n) is 6.80. The second-order valence-electron chi connectivity index (χ2n) is 5.69. The molecule has 0 saturated heterocycles. The lowest BCUT2D eigenvalue weighted by Crippen LogP contribution is -2.27. The van der Waals surface area contributed by atoms with E-state index < -0.39 is 11.7 Å². The number of aromatic nitrogens is 1. The molecule has 1 aromatic heterocycles. The van der Waals surface area contributed by atoms with E-state index in [1.165, 1.54) is 0 Å². The first-order valence-corrected chi connectivity index (χ1v) is 7.18. The van der Waals surface area contributed by atoms with Crippen LogP contribution >= 0.6 is 11.6 Å². The van der Waals surface area contributed by atoms with Gasteiger partial charge in [-0.2, -0.15) is 0 Å². The Morgan fingerprint density at radius 3 is 2.27 bits per heavy atom. The van der Waals surface area contributed by atoms with Crippen molar-refractivity contribution in [2.24, 2.45) is 0 Å². The summed E-state index contributed by atoms with van der Waals surface area (Å²) in [7, 11) is 0. The van der Waals surface area contributed by atoms with Crippen molar-refractivity contribution in [3.05, 3.63) is 47.6 Å². The molecule has 0 unspecified atom stereocenters. The number of carbonyl (C=O) groups is 1. The van der Waals surface area contributed by atoms with Gasteiger partial charge in [-0.15, -0.1) is 0 Å². The Bertz CT molecular complexity index is 634. The summed E-state index contributed by atoms with van der Waals surface area (Å²) < 4.78 is 5.16. The van der Waals surface area contributed by atoms with Gasteiger partial charge in [-0.25, -0.2) is 9.78 Å². The zero-order valence-electron chi connectivity index (χ0n) is 12.7. The molecule has 2 rings (SSSR count). The highest BCUT2D eigenvalue weighted by Gasteiger charge is 2.16. The van der Waals surface area contributed by atoms with Crippen LogP contribution in [-0.4, -0.2) is 16.7 Å². The molecule has 0 radical (unpaired) electrons. The molecule has 1 amide bonds. The van der Waals surface area contributed by atoms with E-state index in [1.807, 2.05) is 18.2 Å². The van der Waals surface area contributed by atoms with Crippen LogP contribution in [0.4, 0.5) is 22.0 Å². The molecule has 0 saturated carbocycles. The molecule has 0 aliphatic heterocycles. The Morgan fingerprint density at radius 1 is 1.09 bits per heavy atom. The molecular weight excluding hydrogens is 302 g/mol. The lowest BCUT2D eigenvalue weighted by Gasteiger charge is -2.19. The number of nitrogens with zero attached hydrogens (tertiary/aromatic N) is 1. The number of pyridine rings is 1. The predicted octanol–water partition coefficient (Wildman–Crippen LogP) is 4.83. The molecule has 2 N–H and O–H groups in total. The van der Waals surface area contributed by atoms with Gasteiger partial charge in [0.1, 0.15) is 11.4 Å². The number of ether oxygens (including phenoxy) is 1. The molecule has 0 spiro atoms. The maximum atomic E-state index is 11.6. The number of carbonyl (C=O) groups excluding carboxylic acids is 1. The molecule has 0 fully saturated rings. The summed E-state index contributed by atoms with van der Waals surface area (Å²) in [6.45, 7) is 5.41. The van der Waals surface area contributed by atoms with E-state index in [9.17, 15) is 4.79 Å². The second kappa shape index (κ2) is 6.66. The molecule has 1 aromatic carbocycles. The highest BCUT2D eigenvalue weighted by atomic mass is 35.5. The van der Waals surface area contributed by atoms with Gasteiger partial charge < -0.3 is 10.1 Å². The summed E-state index contributed by atoms with van der Waals surface area (Å²) in [5.41, 5.74) is 1.16. The summed E-state index contributed by atoms with van der Waals surface area (Å²) in [5, 5.41) is 6.45. The number of nitrogens with one attached hydrogen (secondary N) is 2. The van der Waals surface area contributed by atoms with E-state index in [4.69, 9.17) is 16.3 Å². The molecule has 0 aliphatic carbocycles. The zero-order valence-corrected chi connectivity index (χ0v) is 13.4. The minimum absolute atomic E-state index is 0.427. The van der Waals surface area contributed by atoms with E-state index in [0.717, 1.165) is 11.4 Å². The fraction of sp³-hybridized carbons (Fsp3) is 0.250. The molecule has 0 atom stereocenters. The van der Waals surface area contributed by atoms with Crippen molar-refractivity contribution in [2.45, 2.75) is 26.4 Å². The molecule has 6 heteroatoms. The molecule has 22 heavy (non-hydrogen) atoms. The third-order valence-corrected chi connectivity index (χ3v) is 2.78. The van der Waals surface area contributed by atoms with Crippen molar-refractivity contribution in [1.82, 2.24) is 4.98 Å². The number of anilines is 3. The lowest BCUT2D eigenvalue weighted by atomic mass is 10.2. The molecule has 5 nitrogen and oxygen atoms in total. The maximum Gasteiger partial charge on any atom is 0.413 e. The Kier molecular flexibility index (Phi) is 4.88. The van der Waals surface area contributed by atoms with Crippen LogP contribution in [0.25, 0.3) is 0 Å². The van der Waals surface area contributed by atoms with E-state index in [1.54, 1.807) is 45.2 Å². The van der Waals surface area contributed by atoms with Crippen LogP contribution in [0.2, 0.25) is 5.02 Å². The Hall–Kier alpha value is -2.27. The van der Waals surface area contributed by atoms with Gasteiger partial charge in [0.25, 0.3) is 0 Å². The van der Waals surface area contributed by atoms with E-state index in [2.05, 4.69) is 15.6 Å². The van der Waals surface area contributed by atoms with Gasteiger partial charge >= 0.3 is 6.09 Å². The van der Waals surface area contributed by atoms with Gasteiger partial charge in [0.05, 0.1) is 11.9 Å². The molecule has 116 valence electrons. The van der Waals surface area contributed by atoms with Crippen LogP contribution in [0.1, 0.15) is 20.8 Å². The molecular formula is C16H18ClN3O2.